The maximum absolute atomic E-state index is 14.6. The molecule has 3 heterocycles. The van der Waals surface area contributed by atoms with Crippen molar-refractivity contribution < 1.29 is 22.3 Å². The van der Waals surface area contributed by atoms with Gasteiger partial charge in [0.1, 0.15) is 18.2 Å². The van der Waals surface area contributed by atoms with Crippen LogP contribution in [-0.4, -0.2) is 27.8 Å². The van der Waals surface area contributed by atoms with Gasteiger partial charge in [-0.15, -0.1) is 0 Å². The Morgan fingerprint density at radius 1 is 1.09 bits per heavy atom. The standard InChI is InChI=1S/C23H17BrFN3O4S/c24-17-3-1-2-14(8-17)22(29)21-9-15-12-28(13-16(15)11-27-21)33(30,31)18-4-5-19(20(25)10-18)23-26-6-7-32-23/h1-11,22,29H,12-13H2. The van der Waals surface area contributed by atoms with Crippen molar-refractivity contribution in [2.24, 2.45) is 0 Å². The number of halogens is 2. The molecule has 4 aromatic rings. The molecular weight excluding hydrogens is 513 g/mol. The van der Waals surface area contributed by atoms with Crippen LogP contribution in [-0.2, 0) is 23.1 Å². The third kappa shape index (κ3) is 4.10. The first-order valence-electron chi connectivity index (χ1n) is 9.94. The molecule has 2 aromatic heterocycles. The van der Waals surface area contributed by atoms with Gasteiger partial charge in [-0.3, -0.25) is 4.98 Å². The highest BCUT2D eigenvalue weighted by Crippen LogP contribution is 2.32. The Bertz CT molecular complexity index is 1440. The van der Waals surface area contributed by atoms with Crippen molar-refractivity contribution in [3.63, 3.8) is 0 Å². The van der Waals surface area contributed by atoms with Gasteiger partial charge in [0, 0.05) is 23.8 Å². The van der Waals surface area contributed by atoms with Crippen LogP contribution in [0.1, 0.15) is 28.5 Å². The zero-order chi connectivity index (χ0) is 23.2. The molecule has 1 N–H and O–H groups in total. The molecule has 5 rings (SSSR count). The summed E-state index contributed by atoms with van der Waals surface area (Å²) in [5, 5.41) is 10.7. The third-order valence-corrected chi connectivity index (χ3v) is 7.76. The number of hydrogen-bond acceptors (Lipinski definition) is 6. The van der Waals surface area contributed by atoms with E-state index >= 15 is 0 Å². The molecule has 168 valence electrons. The maximum atomic E-state index is 14.6. The van der Waals surface area contributed by atoms with Crippen molar-refractivity contribution in [1.29, 1.82) is 0 Å². The number of nitrogens with zero attached hydrogens (tertiary/aromatic N) is 3. The van der Waals surface area contributed by atoms with Gasteiger partial charge in [-0.1, -0.05) is 28.1 Å². The molecule has 0 spiro atoms. The van der Waals surface area contributed by atoms with Crippen molar-refractivity contribution in [2.45, 2.75) is 24.1 Å². The Labute approximate surface area is 197 Å². The minimum absolute atomic E-state index is 0.0765. The number of sulfonamides is 1. The van der Waals surface area contributed by atoms with Crippen LogP contribution in [0.2, 0.25) is 0 Å². The second kappa shape index (κ2) is 8.45. The van der Waals surface area contributed by atoms with Gasteiger partial charge < -0.3 is 9.52 Å². The average molecular weight is 530 g/mol. The molecule has 2 aromatic carbocycles. The molecular formula is C23H17BrFN3O4S. The Morgan fingerprint density at radius 2 is 1.91 bits per heavy atom. The van der Waals surface area contributed by atoms with Crippen molar-refractivity contribution >= 4 is 26.0 Å². The fourth-order valence-corrected chi connectivity index (χ4v) is 5.60. The normalized spacial score (nSPS) is 14.9. The molecule has 1 atom stereocenters. The highest BCUT2D eigenvalue weighted by atomic mass is 79.9. The van der Waals surface area contributed by atoms with E-state index in [2.05, 4.69) is 25.9 Å². The lowest BCUT2D eigenvalue weighted by atomic mass is 10.0. The minimum atomic E-state index is -3.96. The second-order valence-corrected chi connectivity index (χ2v) is 10.4. The van der Waals surface area contributed by atoms with Gasteiger partial charge in [0.05, 0.1) is 22.3 Å². The second-order valence-electron chi connectivity index (χ2n) is 7.59. The number of aliphatic hydroxyl groups is 1. The number of oxazole rings is 1. The quantitative estimate of drug-likeness (QED) is 0.411. The summed E-state index contributed by atoms with van der Waals surface area (Å²) in [4.78, 5) is 8.07. The van der Waals surface area contributed by atoms with E-state index in [-0.39, 0.29) is 29.4 Å². The van der Waals surface area contributed by atoms with Crippen molar-refractivity contribution in [2.75, 3.05) is 0 Å². The summed E-state index contributed by atoms with van der Waals surface area (Å²) in [6.45, 7) is 0.211. The van der Waals surface area contributed by atoms with Gasteiger partial charge in [0.15, 0.2) is 0 Å². The molecule has 7 nitrogen and oxygen atoms in total. The zero-order valence-corrected chi connectivity index (χ0v) is 19.4. The van der Waals surface area contributed by atoms with Crippen LogP contribution in [0.4, 0.5) is 4.39 Å². The molecule has 1 unspecified atom stereocenters. The summed E-state index contributed by atoms with van der Waals surface area (Å²) in [6.07, 6.45) is 3.33. The lowest BCUT2D eigenvalue weighted by Gasteiger charge is -2.16. The number of aromatic nitrogens is 2. The number of hydrogen-bond donors (Lipinski definition) is 1. The summed E-state index contributed by atoms with van der Waals surface area (Å²) in [5.41, 5.74) is 2.66. The summed E-state index contributed by atoms with van der Waals surface area (Å²) in [7, 11) is -3.96. The number of fused-ring (bicyclic) bond motifs is 1. The molecule has 0 saturated heterocycles. The van der Waals surface area contributed by atoms with E-state index in [0.29, 0.717) is 11.3 Å². The van der Waals surface area contributed by atoms with Gasteiger partial charge >= 0.3 is 0 Å². The molecule has 1 aliphatic rings. The number of rotatable bonds is 5. The first-order valence-corrected chi connectivity index (χ1v) is 12.2. The van der Waals surface area contributed by atoms with Crippen LogP contribution in [0.25, 0.3) is 11.5 Å². The molecule has 0 saturated carbocycles. The predicted octanol–water partition coefficient (Wildman–Crippen LogP) is 4.42. The fourth-order valence-electron chi connectivity index (χ4n) is 3.77. The average Bonchev–Trinajstić information content (AvgIpc) is 3.48. The highest BCUT2D eigenvalue weighted by molar-refractivity contribution is 9.10. The van der Waals surface area contributed by atoms with Crippen LogP contribution in [0, 0.1) is 5.82 Å². The SMILES string of the molecule is O=S(=O)(c1ccc(-c2ncco2)c(F)c1)N1Cc2cnc(C(O)c3cccc(Br)c3)cc2C1. The Balaban J connectivity index is 1.40. The van der Waals surface area contributed by atoms with E-state index in [1.165, 1.54) is 28.9 Å². The van der Waals surface area contributed by atoms with Crippen molar-refractivity contribution in [3.05, 3.63) is 99.9 Å². The first-order chi connectivity index (χ1) is 15.8. The Hall–Kier alpha value is -2.92. The molecule has 0 bridgehead atoms. The molecule has 1 aliphatic heterocycles. The predicted molar refractivity (Wildman–Crippen MR) is 121 cm³/mol. The highest BCUT2D eigenvalue weighted by Gasteiger charge is 2.32. The topological polar surface area (TPSA) is 96.5 Å². The summed E-state index contributed by atoms with van der Waals surface area (Å²) >= 11 is 3.38. The molecule has 0 amide bonds. The Kier molecular flexibility index (Phi) is 5.61. The van der Waals surface area contributed by atoms with Crippen LogP contribution in [0.5, 0.6) is 0 Å². The number of benzene rings is 2. The van der Waals surface area contributed by atoms with Crippen LogP contribution in [0.3, 0.4) is 0 Å². The smallest absolute Gasteiger partial charge is 0.243 e. The van der Waals surface area contributed by atoms with Gasteiger partial charge in [-0.2, -0.15) is 4.31 Å². The molecule has 0 fully saturated rings. The lowest BCUT2D eigenvalue weighted by Crippen LogP contribution is -2.25. The summed E-state index contributed by atoms with van der Waals surface area (Å²) < 4.78 is 48.1. The van der Waals surface area contributed by atoms with Crippen molar-refractivity contribution in [3.8, 4) is 11.5 Å². The monoisotopic (exact) mass is 529 g/mol. The van der Waals surface area contributed by atoms with E-state index < -0.39 is 21.9 Å². The summed E-state index contributed by atoms with van der Waals surface area (Å²) in [5.74, 6) is -0.663. The molecule has 0 radical (unpaired) electrons. The third-order valence-electron chi connectivity index (χ3n) is 5.48. The van der Waals surface area contributed by atoms with Crippen molar-refractivity contribution in [1.82, 2.24) is 14.3 Å². The first kappa shape index (κ1) is 21.9. The number of aliphatic hydroxyl groups excluding tert-OH is 1. The summed E-state index contributed by atoms with van der Waals surface area (Å²) in [6, 6.07) is 12.6. The molecule has 0 aliphatic carbocycles. The largest absolute Gasteiger partial charge is 0.444 e. The van der Waals surface area contributed by atoms with Gasteiger partial charge in [-0.05, 0) is 53.1 Å². The zero-order valence-electron chi connectivity index (χ0n) is 17.0. The van der Waals surface area contributed by atoms with Gasteiger partial charge in [-0.25, -0.2) is 17.8 Å². The van der Waals surface area contributed by atoms with E-state index in [1.807, 2.05) is 12.1 Å². The molecule has 33 heavy (non-hydrogen) atoms. The van der Waals surface area contributed by atoms with E-state index in [4.69, 9.17) is 4.42 Å². The minimum Gasteiger partial charge on any atom is -0.444 e. The van der Waals surface area contributed by atoms with E-state index in [1.54, 1.807) is 24.4 Å². The number of pyridine rings is 1. The fraction of sp³-hybridized carbons (Fsp3) is 0.130. The van der Waals surface area contributed by atoms with Gasteiger partial charge in [0.25, 0.3) is 0 Å². The maximum Gasteiger partial charge on any atom is 0.243 e. The van der Waals surface area contributed by atoms with E-state index in [0.717, 1.165) is 21.7 Å². The molecule has 10 heteroatoms. The van der Waals surface area contributed by atoms with Crippen LogP contribution < -0.4 is 0 Å². The van der Waals surface area contributed by atoms with Crippen LogP contribution in [0.15, 0.2) is 81.0 Å². The van der Waals surface area contributed by atoms with E-state index in [9.17, 15) is 17.9 Å². The van der Waals surface area contributed by atoms with Gasteiger partial charge in [0.2, 0.25) is 15.9 Å². The van der Waals surface area contributed by atoms with Crippen LogP contribution >= 0.6 is 15.9 Å². The lowest BCUT2D eigenvalue weighted by molar-refractivity contribution is 0.215. The Morgan fingerprint density at radius 3 is 2.64 bits per heavy atom.